The van der Waals surface area contributed by atoms with Crippen molar-refractivity contribution >= 4 is 33.4 Å². The number of sulfonamides is 1. The number of nitrogens with one attached hydrogen (secondary N) is 1. The summed E-state index contributed by atoms with van der Waals surface area (Å²) in [6.45, 7) is 0. The van der Waals surface area contributed by atoms with E-state index in [1.807, 2.05) is 30.3 Å². The average Bonchev–Trinajstić information content (AvgIpc) is 3.73. The Labute approximate surface area is 197 Å². The van der Waals surface area contributed by atoms with Gasteiger partial charge in [0.2, 0.25) is 10.0 Å². The van der Waals surface area contributed by atoms with E-state index in [1.165, 1.54) is 37.8 Å². The smallest absolute Gasteiger partial charge is 0.241 e. The van der Waals surface area contributed by atoms with Crippen molar-refractivity contribution in [2.75, 3.05) is 5.75 Å². The van der Waals surface area contributed by atoms with Crippen LogP contribution in [0.25, 0.3) is 0 Å². The van der Waals surface area contributed by atoms with Gasteiger partial charge in [-0.2, -0.15) is 0 Å². The highest BCUT2D eigenvalue weighted by Crippen LogP contribution is 2.46. The summed E-state index contributed by atoms with van der Waals surface area (Å²) in [7, 11) is -3.68. The van der Waals surface area contributed by atoms with E-state index < -0.39 is 10.0 Å². The molecule has 168 valence electrons. The number of aromatic nitrogens is 3. The van der Waals surface area contributed by atoms with Gasteiger partial charge >= 0.3 is 0 Å². The molecule has 0 spiro atoms. The molecule has 1 N–H and O–H groups in total. The molecule has 9 heteroatoms. The number of halogens is 1. The predicted molar refractivity (Wildman–Crippen MR) is 127 cm³/mol. The zero-order chi connectivity index (χ0) is 22.1. The van der Waals surface area contributed by atoms with E-state index >= 15 is 0 Å². The Balaban J connectivity index is 1.31. The third-order valence-electron chi connectivity index (χ3n) is 5.81. The maximum absolute atomic E-state index is 13.0. The topological polar surface area (TPSA) is 76.9 Å². The normalized spacial score (nSPS) is 17.4. The van der Waals surface area contributed by atoms with Gasteiger partial charge < -0.3 is 4.57 Å². The molecule has 0 saturated heterocycles. The summed E-state index contributed by atoms with van der Waals surface area (Å²) in [5.41, 5.74) is 0.938. The number of hydrogen-bond donors (Lipinski definition) is 1. The summed E-state index contributed by atoms with van der Waals surface area (Å²) in [5.74, 6) is 2.44. The Hall–Kier alpha value is -1.87. The van der Waals surface area contributed by atoms with Crippen LogP contribution in [0.5, 0.6) is 0 Å². The SMILES string of the molecule is O=S(=O)(NC(CCSc1nnc(C2CC2)n1C1CC1)c1ccccc1)c1ccc(Cl)cc1. The van der Waals surface area contributed by atoms with Crippen LogP contribution in [0, 0.1) is 0 Å². The fourth-order valence-electron chi connectivity index (χ4n) is 3.80. The van der Waals surface area contributed by atoms with E-state index in [0.717, 1.165) is 22.3 Å². The first-order valence-electron chi connectivity index (χ1n) is 10.9. The Morgan fingerprint density at radius 1 is 1.03 bits per heavy atom. The van der Waals surface area contributed by atoms with Crippen molar-refractivity contribution in [2.24, 2.45) is 0 Å². The van der Waals surface area contributed by atoms with Crippen molar-refractivity contribution in [2.45, 2.75) is 60.2 Å². The van der Waals surface area contributed by atoms with E-state index in [-0.39, 0.29) is 10.9 Å². The molecule has 32 heavy (non-hydrogen) atoms. The summed E-state index contributed by atoms with van der Waals surface area (Å²) in [4.78, 5) is 0.207. The molecule has 2 saturated carbocycles. The van der Waals surface area contributed by atoms with Gasteiger partial charge in [0.05, 0.1) is 4.90 Å². The number of rotatable bonds is 10. The zero-order valence-electron chi connectivity index (χ0n) is 17.5. The number of nitrogens with zero attached hydrogens (tertiary/aromatic N) is 3. The third kappa shape index (κ3) is 5.03. The van der Waals surface area contributed by atoms with Crippen molar-refractivity contribution in [1.82, 2.24) is 19.5 Å². The lowest BCUT2D eigenvalue weighted by Crippen LogP contribution is -2.29. The van der Waals surface area contributed by atoms with Crippen LogP contribution in [0.2, 0.25) is 5.02 Å². The highest BCUT2D eigenvalue weighted by atomic mass is 35.5. The average molecular weight is 489 g/mol. The quantitative estimate of drug-likeness (QED) is 0.389. The highest BCUT2D eigenvalue weighted by Gasteiger charge is 2.36. The zero-order valence-corrected chi connectivity index (χ0v) is 19.9. The molecule has 1 aromatic heterocycles. The minimum atomic E-state index is -3.68. The molecule has 0 radical (unpaired) electrons. The third-order valence-corrected chi connectivity index (χ3v) is 8.52. The maximum atomic E-state index is 13.0. The Morgan fingerprint density at radius 3 is 2.41 bits per heavy atom. The first kappa shape index (κ1) is 21.9. The monoisotopic (exact) mass is 488 g/mol. The van der Waals surface area contributed by atoms with Gasteiger partial charge in [0.15, 0.2) is 5.16 Å². The minimum Gasteiger partial charge on any atom is -0.303 e. The molecule has 3 aromatic rings. The van der Waals surface area contributed by atoms with E-state index in [1.54, 1.807) is 23.9 Å². The lowest BCUT2D eigenvalue weighted by atomic mass is 10.1. The molecule has 1 heterocycles. The fraction of sp³-hybridized carbons (Fsp3) is 0.391. The molecule has 5 rings (SSSR count). The van der Waals surface area contributed by atoms with Crippen LogP contribution in [-0.2, 0) is 10.0 Å². The lowest BCUT2D eigenvalue weighted by molar-refractivity contribution is 0.551. The van der Waals surface area contributed by atoms with Gasteiger partial charge in [-0.1, -0.05) is 53.7 Å². The van der Waals surface area contributed by atoms with Crippen LogP contribution in [0.1, 0.15) is 61.5 Å². The molecule has 2 aliphatic rings. The Bertz CT molecular complexity index is 1170. The molecule has 1 unspecified atom stereocenters. The second-order valence-corrected chi connectivity index (χ2v) is 11.6. The van der Waals surface area contributed by atoms with Crippen molar-refractivity contribution < 1.29 is 8.42 Å². The van der Waals surface area contributed by atoms with Crippen molar-refractivity contribution in [1.29, 1.82) is 0 Å². The van der Waals surface area contributed by atoms with Gasteiger partial charge in [-0.25, -0.2) is 13.1 Å². The largest absolute Gasteiger partial charge is 0.303 e. The number of thioether (sulfide) groups is 1. The van der Waals surface area contributed by atoms with Crippen LogP contribution < -0.4 is 4.72 Å². The van der Waals surface area contributed by atoms with Crippen molar-refractivity contribution in [3.63, 3.8) is 0 Å². The molecule has 2 fully saturated rings. The van der Waals surface area contributed by atoms with Gasteiger partial charge in [0, 0.05) is 28.8 Å². The molecule has 0 bridgehead atoms. The molecular formula is C23H25ClN4O2S2. The molecular weight excluding hydrogens is 464 g/mol. The fourth-order valence-corrected chi connectivity index (χ4v) is 6.20. The van der Waals surface area contributed by atoms with Gasteiger partial charge in [-0.3, -0.25) is 0 Å². The molecule has 6 nitrogen and oxygen atoms in total. The highest BCUT2D eigenvalue weighted by molar-refractivity contribution is 7.99. The molecule has 2 aliphatic carbocycles. The first-order chi connectivity index (χ1) is 15.5. The summed E-state index contributed by atoms with van der Waals surface area (Å²) in [6.07, 6.45) is 5.44. The van der Waals surface area contributed by atoms with E-state index in [9.17, 15) is 8.42 Å². The summed E-state index contributed by atoms with van der Waals surface area (Å²) in [6, 6.07) is 16.1. The molecule has 1 atom stereocenters. The molecule has 0 aliphatic heterocycles. The van der Waals surface area contributed by atoms with Gasteiger partial charge in [-0.15, -0.1) is 10.2 Å². The van der Waals surface area contributed by atoms with Crippen LogP contribution in [0.3, 0.4) is 0 Å². The first-order valence-corrected chi connectivity index (χ1v) is 13.8. The van der Waals surface area contributed by atoms with Crippen LogP contribution in [0.4, 0.5) is 0 Å². The van der Waals surface area contributed by atoms with Gasteiger partial charge in [-0.05, 0) is 61.9 Å². The van der Waals surface area contributed by atoms with Gasteiger partial charge in [0.25, 0.3) is 0 Å². The lowest BCUT2D eigenvalue weighted by Gasteiger charge is -2.19. The Morgan fingerprint density at radius 2 is 1.75 bits per heavy atom. The van der Waals surface area contributed by atoms with Crippen molar-refractivity contribution in [3.8, 4) is 0 Å². The number of hydrogen-bond acceptors (Lipinski definition) is 5. The maximum Gasteiger partial charge on any atom is 0.241 e. The molecule has 2 aromatic carbocycles. The predicted octanol–water partition coefficient (Wildman–Crippen LogP) is 5.35. The summed E-state index contributed by atoms with van der Waals surface area (Å²) in [5, 5.41) is 10.4. The van der Waals surface area contributed by atoms with Gasteiger partial charge in [0.1, 0.15) is 5.82 Å². The van der Waals surface area contributed by atoms with E-state index in [4.69, 9.17) is 11.6 Å². The molecule has 0 amide bonds. The number of benzene rings is 2. The van der Waals surface area contributed by atoms with E-state index in [2.05, 4.69) is 19.5 Å². The van der Waals surface area contributed by atoms with Crippen LogP contribution in [-0.4, -0.2) is 28.9 Å². The van der Waals surface area contributed by atoms with Crippen molar-refractivity contribution in [3.05, 3.63) is 71.0 Å². The van der Waals surface area contributed by atoms with Crippen LogP contribution in [0.15, 0.2) is 64.6 Å². The summed E-state index contributed by atoms with van der Waals surface area (Å²) < 4.78 is 31.2. The second kappa shape index (κ2) is 9.17. The minimum absolute atomic E-state index is 0.207. The standard InChI is InChI=1S/C23H25ClN4O2S2/c24-18-8-12-20(13-9-18)32(29,30)27-21(16-4-2-1-3-5-16)14-15-31-23-26-25-22(17-6-7-17)28(23)19-10-11-19/h1-5,8-9,12-13,17,19,21,27H,6-7,10-11,14-15H2. The second-order valence-electron chi connectivity index (χ2n) is 8.39. The van der Waals surface area contributed by atoms with Crippen LogP contribution >= 0.6 is 23.4 Å². The van der Waals surface area contributed by atoms with E-state index in [0.29, 0.717) is 23.4 Å². The Kier molecular flexibility index (Phi) is 6.29. The summed E-state index contributed by atoms with van der Waals surface area (Å²) >= 11 is 7.59.